The molecule has 1 unspecified atom stereocenters. The molecule has 1 heterocycles. The Morgan fingerprint density at radius 1 is 1.18 bits per heavy atom. The van der Waals surface area contributed by atoms with Crippen molar-refractivity contribution in [3.8, 4) is 0 Å². The lowest BCUT2D eigenvalue weighted by Gasteiger charge is -2.16. The van der Waals surface area contributed by atoms with Crippen LogP contribution in [-0.4, -0.2) is 9.78 Å². The van der Waals surface area contributed by atoms with Crippen LogP contribution in [0.25, 0.3) is 0 Å². The van der Waals surface area contributed by atoms with Gasteiger partial charge in [0.1, 0.15) is 0 Å². The van der Waals surface area contributed by atoms with Gasteiger partial charge < -0.3 is 5.73 Å². The van der Waals surface area contributed by atoms with Crippen LogP contribution in [0.15, 0.2) is 24.4 Å². The lowest BCUT2D eigenvalue weighted by atomic mass is 9.93. The van der Waals surface area contributed by atoms with E-state index in [1.54, 1.807) is 4.68 Å². The number of rotatable bonds is 2. The molecule has 1 atom stereocenters. The summed E-state index contributed by atoms with van der Waals surface area (Å²) < 4.78 is 1.79. The molecule has 3 nitrogen and oxygen atoms in total. The fourth-order valence-corrected chi connectivity index (χ4v) is 2.43. The summed E-state index contributed by atoms with van der Waals surface area (Å²) in [5.41, 5.74) is 12.2. The number of benzene rings is 1. The first kappa shape index (κ1) is 11.9. The van der Waals surface area contributed by atoms with Crippen LogP contribution in [0, 0.1) is 20.8 Å². The Morgan fingerprint density at radius 3 is 2.24 bits per heavy atom. The lowest BCUT2D eigenvalue weighted by molar-refractivity contribution is 0.712. The van der Waals surface area contributed by atoms with Crippen molar-refractivity contribution in [1.82, 2.24) is 9.78 Å². The largest absolute Gasteiger partial charge is 0.319 e. The Bertz CT molecular complexity index is 517. The SMILES string of the molecule is Cc1cc(C)c(C(N)c2ccn(C)n2)c(C)c1. The third-order valence-corrected chi connectivity index (χ3v) is 3.10. The van der Waals surface area contributed by atoms with Crippen LogP contribution in [0.1, 0.15) is 34.0 Å². The van der Waals surface area contributed by atoms with Gasteiger partial charge in [-0.25, -0.2) is 0 Å². The van der Waals surface area contributed by atoms with Crippen molar-refractivity contribution in [2.24, 2.45) is 12.8 Å². The second-order valence-electron chi connectivity index (χ2n) is 4.70. The molecule has 2 N–H and O–H groups in total. The predicted molar refractivity (Wildman–Crippen MR) is 69.9 cm³/mol. The second kappa shape index (κ2) is 4.34. The van der Waals surface area contributed by atoms with Crippen LogP contribution in [0.4, 0.5) is 0 Å². The van der Waals surface area contributed by atoms with Crippen molar-refractivity contribution < 1.29 is 0 Å². The summed E-state index contributed by atoms with van der Waals surface area (Å²) in [7, 11) is 1.91. The Morgan fingerprint density at radius 2 is 1.76 bits per heavy atom. The average Bonchev–Trinajstić information content (AvgIpc) is 2.63. The molecule has 0 radical (unpaired) electrons. The van der Waals surface area contributed by atoms with E-state index < -0.39 is 0 Å². The number of hydrogen-bond donors (Lipinski definition) is 1. The van der Waals surface area contributed by atoms with Crippen LogP contribution >= 0.6 is 0 Å². The van der Waals surface area contributed by atoms with Gasteiger partial charge in [-0.1, -0.05) is 17.7 Å². The molecule has 0 fully saturated rings. The first-order valence-corrected chi connectivity index (χ1v) is 5.82. The van der Waals surface area contributed by atoms with Gasteiger partial charge in [0, 0.05) is 13.2 Å². The first-order chi connectivity index (χ1) is 7.99. The standard InChI is InChI=1S/C14H19N3/c1-9-7-10(2)13(11(3)8-9)14(15)12-5-6-17(4)16-12/h5-8,14H,15H2,1-4H3. The zero-order valence-electron chi connectivity index (χ0n) is 10.9. The van der Waals surface area contributed by atoms with E-state index in [-0.39, 0.29) is 6.04 Å². The average molecular weight is 229 g/mol. The van der Waals surface area contributed by atoms with Crippen molar-refractivity contribution in [2.75, 3.05) is 0 Å². The molecule has 0 aliphatic carbocycles. The van der Waals surface area contributed by atoms with Crippen LogP contribution < -0.4 is 5.73 Å². The summed E-state index contributed by atoms with van der Waals surface area (Å²) >= 11 is 0. The smallest absolute Gasteiger partial charge is 0.0837 e. The number of hydrogen-bond acceptors (Lipinski definition) is 2. The van der Waals surface area contributed by atoms with Crippen LogP contribution in [0.5, 0.6) is 0 Å². The Labute approximate surface area is 102 Å². The highest BCUT2D eigenvalue weighted by Crippen LogP contribution is 2.25. The maximum Gasteiger partial charge on any atom is 0.0837 e. The van der Waals surface area contributed by atoms with Crippen molar-refractivity contribution in [3.05, 3.63) is 52.3 Å². The molecule has 2 rings (SSSR count). The quantitative estimate of drug-likeness (QED) is 0.859. The summed E-state index contributed by atoms with van der Waals surface area (Å²) in [6, 6.07) is 6.18. The van der Waals surface area contributed by atoms with Crippen LogP contribution in [0.2, 0.25) is 0 Å². The minimum absolute atomic E-state index is 0.142. The molecule has 1 aromatic carbocycles. The third-order valence-electron chi connectivity index (χ3n) is 3.10. The van der Waals surface area contributed by atoms with Gasteiger partial charge in [0.2, 0.25) is 0 Å². The molecular weight excluding hydrogens is 210 g/mol. The van der Waals surface area contributed by atoms with Gasteiger partial charge in [-0.05, 0) is 43.5 Å². The summed E-state index contributed by atoms with van der Waals surface area (Å²) in [4.78, 5) is 0. The maximum absolute atomic E-state index is 6.31. The number of aryl methyl sites for hydroxylation is 4. The van der Waals surface area contributed by atoms with E-state index in [0.717, 1.165) is 5.69 Å². The molecule has 0 aliphatic heterocycles. The number of aromatic nitrogens is 2. The lowest BCUT2D eigenvalue weighted by Crippen LogP contribution is -2.16. The highest BCUT2D eigenvalue weighted by molar-refractivity contribution is 5.42. The fraction of sp³-hybridized carbons (Fsp3) is 0.357. The van der Waals surface area contributed by atoms with Gasteiger partial charge >= 0.3 is 0 Å². The van der Waals surface area contributed by atoms with Crippen molar-refractivity contribution in [2.45, 2.75) is 26.8 Å². The molecule has 0 aliphatic rings. The molecular formula is C14H19N3. The van der Waals surface area contributed by atoms with E-state index in [4.69, 9.17) is 5.73 Å². The summed E-state index contributed by atoms with van der Waals surface area (Å²) in [6.45, 7) is 6.33. The van der Waals surface area contributed by atoms with E-state index in [1.807, 2.05) is 19.3 Å². The van der Waals surface area contributed by atoms with Gasteiger partial charge in [-0.2, -0.15) is 5.10 Å². The molecule has 0 saturated heterocycles. The zero-order valence-corrected chi connectivity index (χ0v) is 10.9. The van der Waals surface area contributed by atoms with Crippen molar-refractivity contribution >= 4 is 0 Å². The predicted octanol–water partition coefficient (Wildman–Crippen LogP) is 2.39. The summed E-state index contributed by atoms with van der Waals surface area (Å²) in [5, 5.41) is 4.38. The first-order valence-electron chi connectivity index (χ1n) is 5.82. The minimum atomic E-state index is -0.142. The molecule has 3 heteroatoms. The van der Waals surface area contributed by atoms with E-state index in [0.29, 0.717) is 0 Å². The molecule has 2 aromatic rings. The molecule has 90 valence electrons. The molecule has 0 saturated carbocycles. The third kappa shape index (κ3) is 2.24. The fourth-order valence-electron chi connectivity index (χ4n) is 2.43. The molecule has 1 aromatic heterocycles. The second-order valence-corrected chi connectivity index (χ2v) is 4.70. The number of nitrogens with zero attached hydrogens (tertiary/aromatic N) is 2. The Balaban J connectivity index is 2.47. The Kier molecular flexibility index (Phi) is 3.03. The van der Waals surface area contributed by atoms with E-state index in [9.17, 15) is 0 Å². The van der Waals surface area contributed by atoms with Gasteiger partial charge in [0.05, 0.1) is 11.7 Å². The normalized spacial score (nSPS) is 12.8. The van der Waals surface area contributed by atoms with E-state index in [1.165, 1.54) is 22.3 Å². The van der Waals surface area contributed by atoms with Crippen molar-refractivity contribution in [3.63, 3.8) is 0 Å². The van der Waals surface area contributed by atoms with Gasteiger partial charge in [-0.15, -0.1) is 0 Å². The highest BCUT2D eigenvalue weighted by atomic mass is 15.3. The number of nitrogens with two attached hydrogens (primary N) is 1. The van der Waals surface area contributed by atoms with Gasteiger partial charge in [0.15, 0.2) is 0 Å². The molecule has 0 bridgehead atoms. The zero-order chi connectivity index (χ0) is 12.6. The molecule has 17 heavy (non-hydrogen) atoms. The van der Waals surface area contributed by atoms with Crippen LogP contribution in [-0.2, 0) is 7.05 Å². The van der Waals surface area contributed by atoms with Crippen molar-refractivity contribution in [1.29, 1.82) is 0 Å². The highest BCUT2D eigenvalue weighted by Gasteiger charge is 2.16. The van der Waals surface area contributed by atoms with Gasteiger partial charge in [-0.3, -0.25) is 4.68 Å². The topological polar surface area (TPSA) is 43.8 Å². The minimum Gasteiger partial charge on any atom is -0.319 e. The molecule has 0 amide bonds. The monoisotopic (exact) mass is 229 g/mol. The summed E-state index contributed by atoms with van der Waals surface area (Å²) in [5.74, 6) is 0. The molecule has 0 spiro atoms. The van der Waals surface area contributed by atoms with Gasteiger partial charge in [0.25, 0.3) is 0 Å². The van der Waals surface area contributed by atoms with E-state index in [2.05, 4.69) is 38.0 Å². The van der Waals surface area contributed by atoms with Crippen LogP contribution in [0.3, 0.4) is 0 Å². The maximum atomic E-state index is 6.31. The summed E-state index contributed by atoms with van der Waals surface area (Å²) in [6.07, 6.45) is 1.92. The van der Waals surface area contributed by atoms with E-state index >= 15 is 0 Å². The Hall–Kier alpha value is -1.61.